The Hall–Kier alpha value is -0.770. The zero-order valence-corrected chi connectivity index (χ0v) is 13.8. The monoisotopic (exact) mass is 298 g/mol. The van der Waals surface area contributed by atoms with Crippen molar-refractivity contribution in [1.82, 2.24) is 5.32 Å². The van der Waals surface area contributed by atoms with Crippen LogP contribution in [0, 0.1) is 0 Å². The first kappa shape index (κ1) is 17.3. The van der Waals surface area contributed by atoms with Gasteiger partial charge in [-0.25, -0.2) is 0 Å². The molecule has 20 heavy (non-hydrogen) atoms. The number of nitrogens with one attached hydrogen (secondary N) is 1. The Kier molecular flexibility index (Phi) is 7.97. The summed E-state index contributed by atoms with van der Waals surface area (Å²) in [6, 6.07) is 6.67. The number of nitrogens with zero attached hydrogens (tertiary/aromatic N) is 1. The number of hydrogen-bond acceptors (Lipinski definition) is 3. The molecule has 0 aliphatic rings. The van der Waals surface area contributed by atoms with Crippen LogP contribution >= 0.6 is 11.6 Å². The molecule has 0 fully saturated rings. The predicted octanol–water partition coefficient (Wildman–Crippen LogP) is 3.87. The van der Waals surface area contributed by atoms with E-state index in [2.05, 4.69) is 49.2 Å². The quantitative estimate of drug-likeness (QED) is 0.749. The minimum absolute atomic E-state index is 0.329. The number of benzene rings is 1. The van der Waals surface area contributed by atoms with Gasteiger partial charge < -0.3 is 15.0 Å². The van der Waals surface area contributed by atoms with Gasteiger partial charge in [-0.1, -0.05) is 24.6 Å². The third kappa shape index (κ3) is 4.97. The van der Waals surface area contributed by atoms with Crippen LogP contribution in [0.1, 0.15) is 38.8 Å². The van der Waals surface area contributed by atoms with E-state index in [0.717, 1.165) is 36.8 Å². The second-order valence-corrected chi connectivity index (χ2v) is 5.37. The zero-order chi connectivity index (χ0) is 15.0. The molecule has 0 radical (unpaired) electrons. The van der Waals surface area contributed by atoms with Gasteiger partial charge >= 0.3 is 0 Å². The molecule has 1 N–H and O–H groups in total. The van der Waals surface area contributed by atoms with Gasteiger partial charge in [0.1, 0.15) is 0 Å². The highest BCUT2D eigenvalue weighted by atomic mass is 35.5. The summed E-state index contributed by atoms with van der Waals surface area (Å²) >= 11 is 6.45. The molecule has 0 aliphatic carbocycles. The normalized spacial score (nSPS) is 12.4. The van der Waals surface area contributed by atoms with Crippen LogP contribution in [0.4, 0.5) is 5.69 Å². The second kappa shape index (κ2) is 9.22. The van der Waals surface area contributed by atoms with Crippen molar-refractivity contribution in [1.29, 1.82) is 0 Å². The Balaban J connectivity index is 2.80. The van der Waals surface area contributed by atoms with Crippen LogP contribution in [0.5, 0.6) is 0 Å². The number of likely N-dealkylation sites (N-methyl/N-ethyl adjacent to an activating group) is 1. The Morgan fingerprint density at radius 2 is 2.10 bits per heavy atom. The van der Waals surface area contributed by atoms with Crippen LogP contribution in [0.25, 0.3) is 0 Å². The molecule has 0 saturated heterocycles. The lowest BCUT2D eigenvalue weighted by atomic mass is 10.1. The average molecular weight is 299 g/mol. The lowest BCUT2D eigenvalue weighted by Crippen LogP contribution is -2.27. The molecule has 1 aromatic carbocycles. The zero-order valence-electron chi connectivity index (χ0n) is 13.1. The predicted molar refractivity (Wildman–Crippen MR) is 87.9 cm³/mol. The number of rotatable bonds is 9. The molecular weight excluding hydrogens is 272 g/mol. The van der Waals surface area contributed by atoms with Crippen molar-refractivity contribution in [3.63, 3.8) is 0 Å². The lowest BCUT2D eigenvalue weighted by Gasteiger charge is -2.25. The van der Waals surface area contributed by atoms with Crippen molar-refractivity contribution >= 4 is 17.3 Å². The van der Waals surface area contributed by atoms with Gasteiger partial charge in [0, 0.05) is 26.2 Å². The second-order valence-electron chi connectivity index (χ2n) is 4.96. The van der Waals surface area contributed by atoms with Crippen molar-refractivity contribution in [3.8, 4) is 0 Å². The molecule has 3 nitrogen and oxygen atoms in total. The Morgan fingerprint density at radius 1 is 1.35 bits per heavy atom. The smallest absolute Gasteiger partial charge is 0.0642 e. The molecule has 0 spiro atoms. The molecule has 1 aromatic rings. The van der Waals surface area contributed by atoms with Gasteiger partial charge in [-0.3, -0.25) is 0 Å². The highest BCUT2D eigenvalue weighted by Gasteiger charge is 2.11. The summed E-state index contributed by atoms with van der Waals surface area (Å²) in [4.78, 5) is 2.24. The molecule has 0 heterocycles. The van der Waals surface area contributed by atoms with Gasteiger partial charge in [-0.2, -0.15) is 0 Å². The lowest BCUT2D eigenvalue weighted by molar-refractivity contribution is 0.205. The minimum Gasteiger partial charge on any atom is -0.383 e. The minimum atomic E-state index is 0.329. The van der Waals surface area contributed by atoms with Gasteiger partial charge in [0.2, 0.25) is 0 Å². The van der Waals surface area contributed by atoms with E-state index in [1.54, 1.807) is 7.11 Å². The number of halogens is 1. The van der Waals surface area contributed by atoms with Crippen LogP contribution in [-0.2, 0) is 4.74 Å². The summed E-state index contributed by atoms with van der Waals surface area (Å²) in [5, 5.41) is 4.29. The van der Waals surface area contributed by atoms with E-state index in [9.17, 15) is 0 Å². The molecule has 4 heteroatoms. The maximum atomic E-state index is 6.45. The Labute approximate surface area is 128 Å². The van der Waals surface area contributed by atoms with E-state index in [1.165, 1.54) is 5.56 Å². The topological polar surface area (TPSA) is 24.5 Å². The Morgan fingerprint density at radius 3 is 2.65 bits per heavy atom. The third-order valence-corrected chi connectivity index (χ3v) is 3.76. The van der Waals surface area contributed by atoms with Gasteiger partial charge in [0.15, 0.2) is 0 Å². The molecule has 1 atom stereocenters. The van der Waals surface area contributed by atoms with E-state index >= 15 is 0 Å². The van der Waals surface area contributed by atoms with Gasteiger partial charge in [0.25, 0.3) is 0 Å². The van der Waals surface area contributed by atoms with Crippen molar-refractivity contribution in [2.75, 3.05) is 38.3 Å². The number of hydrogen-bond donors (Lipinski definition) is 1. The first-order valence-corrected chi connectivity index (χ1v) is 7.78. The first-order valence-electron chi connectivity index (χ1n) is 7.40. The maximum absolute atomic E-state index is 6.45. The fourth-order valence-corrected chi connectivity index (χ4v) is 2.49. The third-order valence-electron chi connectivity index (χ3n) is 3.46. The van der Waals surface area contributed by atoms with E-state index in [4.69, 9.17) is 16.3 Å². The maximum Gasteiger partial charge on any atom is 0.0642 e. The fourth-order valence-electron chi connectivity index (χ4n) is 2.18. The van der Waals surface area contributed by atoms with Crippen molar-refractivity contribution in [2.45, 2.75) is 33.2 Å². The molecule has 0 aromatic heterocycles. The molecule has 1 rings (SSSR count). The van der Waals surface area contributed by atoms with Crippen LogP contribution in [0.2, 0.25) is 5.02 Å². The highest BCUT2D eigenvalue weighted by Crippen LogP contribution is 2.29. The van der Waals surface area contributed by atoms with Crippen LogP contribution in [0.15, 0.2) is 18.2 Å². The van der Waals surface area contributed by atoms with E-state index in [1.807, 2.05) is 0 Å². The number of anilines is 1. The highest BCUT2D eigenvalue weighted by molar-refractivity contribution is 6.33. The van der Waals surface area contributed by atoms with E-state index in [0.29, 0.717) is 12.6 Å². The molecule has 0 amide bonds. The summed E-state index contributed by atoms with van der Waals surface area (Å²) in [6.45, 7) is 9.98. The van der Waals surface area contributed by atoms with Crippen LogP contribution < -0.4 is 10.2 Å². The van der Waals surface area contributed by atoms with E-state index in [-0.39, 0.29) is 0 Å². The standard InChI is InChI=1S/C16H27ClN2O/c1-5-9-18-13(3)14-7-8-16(15(17)12-14)19(6-2)10-11-20-4/h7-8,12-13,18H,5-6,9-11H2,1-4H3. The van der Waals surface area contributed by atoms with Crippen molar-refractivity contribution in [2.24, 2.45) is 0 Å². The molecular formula is C16H27ClN2O. The van der Waals surface area contributed by atoms with Crippen LogP contribution in [-0.4, -0.2) is 33.4 Å². The molecule has 1 unspecified atom stereocenters. The summed E-state index contributed by atoms with van der Waals surface area (Å²) in [7, 11) is 1.72. The van der Waals surface area contributed by atoms with Crippen molar-refractivity contribution < 1.29 is 4.74 Å². The fraction of sp³-hybridized carbons (Fsp3) is 0.625. The van der Waals surface area contributed by atoms with E-state index < -0.39 is 0 Å². The summed E-state index contributed by atoms with van der Waals surface area (Å²) < 4.78 is 5.15. The van der Waals surface area contributed by atoms with Crippen LogP contribution in [0.3, 0.4) is 0 Å². The average Bonchev–Trinajstić information content (AvgIpc) is 2.46. The van der Waals surface area contributed by atoms with Gasteiger partial charge in [-0.05, 0) is 44.5 Å². The Bertz CT molecular complexity index is 398. The summed E-state index contributed by atoms with van der Waals surface area (Å²) in [5.41, 5.74) is 2.31. The summed E-state index contributed by atoms with van der Waals surface area (Å²) in [5.74, 6) is 0. The SMILES string of the molecule is CCCNC(C)c1ccc(N(CC)CCOC)c(Cl)c1. The number of methoxy groups -OCH3 is 1. The first-order chi connectivity index (χ1) is 9.63. The largest absolute Gasteiger partial charge is 0.383 e. The van der Waals surface area contributed by atoms with Crippen molar-refractivity contribution in [3.05, 3.63) is 28.8 Å². The summed E-state index contributed by atoms with van der Waals surface area (Å²) in [6.07, 6.45) is 1.14. The number of ether oxygens (including phenoxy) is 1. The van der Waals surface area contributed by atoms with Gasteiger partial charge in [0.05, 0.1) is 17.3 Å². The molecule has 114 valence electrons. The van der Waals surface area contributed by atoms with Gasteiger partial charge in [-0.15, -0.1) is 0 Å². The molecule has 0 aliphatic heterocycles. The molecule has 0 bridgehead atoms. The molecule has 0 saturated carbocycles.